The van der Waals surface area contributed by atoms with Crippen molar-refractivity contribution in [3.05, 3.63) is 29.3 Å². The first-order chi connectivity index (χ1) is 11.9. The molecule has 0 unspecified atom stereocenters. The SMILES string of the molecule is Cc1cc(C(=O)NCC(C)C)ccc1NCC(=O)N1CCNC(=O)C1. The van der Waals surface area contributed by atoms with Crippen LogP contribution < -0.4 is 16.0 Å². The fourth-order valence-corrected chi connectivity index (χ4v) is 2.54. The van der Waals surface area contributed by atoms with Gasteiger partial charge in [-0.05, 0) is 36.6 Å². The highest BCUT2D eigenvalue weighted by atomic mass is 16.2. The summed E-state index contributed by atoms with van der Waals surface area (Å²) in [5.74, 6) is 0.0492. The fourth-order valence-electron chi connectivity index (χ4n) is 2.54. The summed E-state index contributed by atoms with van der Waals surface area (Å²) < 4.78 is 0. The number of amides is 3. The Morgan fingerprint density at radius 2 is 2.08 bits per heavy atom. The molecule has 3 N–H and O–H groups in total. The number of rotatable bonds is 6. The Labute approximate surface area is 148 Å². The smallest absolute Gasteiger partial charge is 0.251 e. The number of carbonyl (C=O) groups is 3. The maximum atomic E-state index is 12.2. The Morgan fingerprint density at radius 1 is 1.32 bits per heavy atom. The van der Waals surface area contributed by atoms with Gasteiger partial charge in [0, 0.05) is 30.9 Å². The van der Waals surface area contributed by atoms with Crippen molar-refractivity contribution >= 4 is 23.4 Å². The van der Waals surface area contributed by atoms with Crippen LogP contribution in [0.5, 0.6) is 0 Å². The molecule has 1 aromatic rings. The van der Waals surface area contributed by atoms with Gasteiger partial charge in [-0.2, -0.15) is 0 Å². The number of anilines is 1. The fraction of sp³-hybridized carbons (Fsp3) is 0.500. The summed E-state index contributed by atoms with van der Waals surface area (Å²) in [5.41, 5.74) is 2.29. The molecule has 1 fully saturated rings. The van der Waals surface area contributed by atoms with Crippen LogP contribution in [0.3, 0.4) is 0 Å². The Bertz CT molecular complexity index is 658. The lowest BCUT2D eigenvalue weighted by molar-refractivity contribution is -0.136. The zero-order valence-corrected chi connectivity index (χ0v) is 15.0. The Morgan fingerprint density at radius 3 is 2.72 bits per heavy atom. The van der Waals surface area contributed by atoms with Crippen LogP contribution in [-0.2, 0) is 9.59 Å². The molecule has 1 aliphatic heterocycles. The van der Waals surface area contributed by atoms with Crippen molar-refractivity contribution in [3.8, 4) is 0 Å². The summed E-state index contributed by atoms with van der Waals surface area (Å²) in [6.07, 6.45) is 0. The lowest BCUT2D eigenvalue weighted by Crippen LogP contribution is -2.51. The van der Waals surface area contributed by atoms with Crippen LogP contribution in [0.1, 0.15) is 29.8 Å². The van der Waals surface area contributed by atoms with Crippen molar-refractivity contribution in [2.75, 3.05) is 38.0 Å². The van der Waals surface area contributed by atoms with Crippen LogP contribution in [0.25, 0.3) is 0 Å². The summed E-state index contributed by atoms with van der Waals surface area (Å²) >= 11 is 0. The van der Waals surface area contributed by atoms with Gasteiger partial charge in [0.15, 0.2) is 0 Å². The molecule has 7 nitrogen and oxygen atoms in total. The molecule has 0 saturated carbocycles. The maximum absolute atomic E-state index is 12.2. The summed E-state index contributed by atoms with van der Waals surface area (Å²) in [5, 5.41) is 8.66. The van der Waals surface area contributed by atoms with E-state index in [0.29, 0.717) is 31.1 Å². The van der Waals surface area contributed by atoms with E-state index in [-0.39, 0.29) is 30.8 Å². The largest absolute Gasteiger partial charge is 0.376 e. The molecule has 136 valence electrons. The summed E-state index contributed by atoms with van der Waals surface area (Å²) in [7, 11) is 0. The summed E-state index contributed by atoms with van der Waals surface area (Å²) in [4.78, 5) is 37.1. The van der Waals surface area contributed by atoms with Crippen LogP contribution in [0.4, 0.5) is 5.69 Å². The predicted octanol–water partition coefficient (Wildman–Crippen LogP) is 0.751. The molecular formula is C18H26N4O3. The van der Waals surface area contributed by atoms with E-state index >= 15 is 0 Å². The van der Waals surface area contributed by atoms with Gasteiger partial charge in [0.2, 0.25) is 11.8 Å². The first-order valence-corrected chi connectivity index (χ1v) is 8.54. The lowest BCUT2D eigenvalue weighted by Gasteiger charge is -2.27. The minimum atomic E-state index is -0.132. The van der Waals surface area contributed by atoms with Crippen molar-refractivity contribution in [2.24, 2.45) is 5.92 Å². The number of nitrogens with zero attached hydrogens (tertiary/aromatic N) is 1. The van der Waals surface area contributed by atoms with Crippen LogP contribution in [0, 0.1) is 12.8 Å². The van der Waals surface area contributed by atoms with Gasteiger partial charge in [-0.15, -0.1) is 0 Å². The van der Waals surface area contributed by atoms with E-state index in [1.54, 1.807) is 18.2 Å². The number of hydrogen-bond acceptors (Lipinski definition) is 4. The standard InChI is InChI=1S/C18H26N4O3/c1-12(2)9-21-18(25)14-4-5-15(13(3)8-14)20-10-17(24)22-7-6-19-16(23)11-22/h4-5,8,12,20H,6-7,9-11H2,1-3H3,(H,19,23)(H,21,25). The summed E-state index contributed by atoms with van der Waals surface area (Å²) in [6, 6.07) is 5.34. The van der Waals surface area contributed by atoms with E-state index in [1.807, 2.05) is 20.8 Å². The Hall–Kier alpha value is -2.57. The van der Waals surface area contributed by atoms with Crippen LogP contribution in [-0.4, -0.2) is 55.3 Å². The van der Waals surface area contributed by atoms with E-state index in [9.17, 15) is 14.4 Å². The van der Waals surface area contributed by atoms with E-state index in [2.05, 4.69) is 16.0 Å². The van der Waals surface area contributed by atoms with Gasteiger partial charge in [0.25, 0.3) is 5.91 Å². The molecule has 0 radical (unpaired) electrons. The molecule has 0 aromatic heterocycles. The number of carbonyl (C=O) groups excluding carboxylic acids is 3. The number of piperazine rings is 1. The molecule has 3 amide bonds. The van der Waals surface area contributed by atoms with Crippen LogP contribution in [0.15, 0.2) is 18.2 Å². The quantitative estimate of drug-likeness (QED) is 0.709. The topological polar surface area (TPSA) is 90.5 Å². The third kappa shape index (κ3) is 5.48. The third-order valence-corrected chi connectivity index (χ3v) is 3.98. The highest BCUT2D eigenvalue weighted by Crippen LogP contribution is 2.16. The van der Waals surface area contributed by atoms with E-state index in [1.165, 1.54) is 4.90 Å². The van der Waals surface area contributed by atoms with E-state index < -0.39 is 0 Å². The predicted molar refractivity (Wildman–Crippen MR) is 96.4 cm³/mol. The first kappa shape index (κ1) is 18.8. The zero-order chi connectivity index (χ0) is 18.4. The van der Waals surface area contributed by atoms with Crippen LogP contribution in [0.2, 0.25) is 0 Å². The third-order valence-electron chi connectivity index (χ3n) is 3.98. The molecule has 7 heteroatoms. The van der Waals surface area contributed by atoms with E-state index in [0.717, 1.165) is 11.3 Å². The minimum Gasteiger partial charge on any atom is -0.376 e. The van der Waals surface area contributed by atoms with Crippen molar-refractivity contribution in [2.45, 2.75) is 20.8 Å². The minimum absolute atomic E-state index is 0.0984. The van der Waals surface area contributed by atoms with Crippen molar-refractivity contribution in [3.63, 3.8) is 0 Å². The lowest BCUT2D eigenvalue weighted by atomic mass is 10.1. The Balaban J connectivity index is 1.91. The molecule has 1 heterocycles. The molecule has 0 aliphatic carbocycles. The average molecular weight is 346 g/mol. The number of hydrogen-bond donors (Lipinski definition) is 3. The number of benzene rings is 1. The highest BCUT2D eigenvalue weighted by Gasteiger charge is 2.20. The molecule has 25 heavy (non-hydrogen) atoms. The number of aryl methyl sites for hydroxylation is 1. The van der Waals surface area contributed by atoms with Crippen LogP contribution >= 0.6 is 0 Å². The van der Waals surface area contributed by atoms with E-state index in [4.69, 9.17) is 0 Å². The van der Waals surface area contributed by atoms with Gasteiger partial charge in [-0.3, -0.25) is 14.4 Å². The molecule has 0 spiro atoms. The monoisotopic (exact) mass is 346 g/mol. The second-order valence-corrected chi connectivity index (χ2v) is 6.65. The zero-order valence-electron chi connectivity index (χ0n) is 15.0. The molecule has 1 aromatic carbocycles. The first-order valence-electron chi connectivity index (χ1n) is 8.54. The van der Waals surface area contributed by atoms with Gasteiger partial charge in [0.05, 0.1) is 13.1 Å². The van der Waals surface area contributed by atoms with Gasteiger partial charge < -0.3 is 20.9 Å². The second-order valence-electron chi connectivity index (χ2n) is 6.65. The molecule has 1 saturated heterocycles. The van der Waals surface area contributed by atoms with Gasteiger partial charge in [-0.1, -0.05) is 13.8 Å². The summed E-state index contributed by atoms with van der Waals surface area (Å²) in [6.45, 7) is 7.85. The van der Waals surface area contributed by atoms with Gasteiger partial charge in [-0.25, -0.2) is 0 Å². The molecule has 0 atom stereocenters. The highest BCUT2D eigenvalue weighted by molar-refractivity contribution is 5.95. The van der Waals surface area contributed by atoms with Gasteiger partial charge >= 0.3 is 0 Å². The molecule has 0 bridgehead atoms. The van der Waals surface area contributed by atoms with Crippen molar-refractivity contribution < 1.29 is 14.4 Å². The van der Waals surface area contributed by atoms with Gasteiger partial charge in [0.1, 0.15) is 0 Å². The van der Waals surface area contributed by atoms with Crippen molar-refractivity contribution in [1.29, 1.82) is 0 Å². The Kier molecular flexibility index (Phi) is 6.38. The number of nitrogens with one attached hydrogen (secondary N) is 3. The molecule has 2 rings (SSSR count). The van der Waals surface area contributed by atoms with Crippen molar-refractivity contribution in [1.82, 2.24) is 15.5 Å². The maximum Gasteiger partial charge on any atom is 0.251 e. The average Bonchev–Trinajstić information content (AvgIpc) is 2.58. The molecular weight excluding hydrogens is 320 g/mol. The second kappa shape index (κ2) is 8.50. The normalized spacial score (nSPS) is 14.2. The molecule has 1 aliphatic rings.